The zero-order chi connectivity index (χ0) is 12.5. The number of esters is 1. The lowest BCUT2D eigenvalue weighted by molar-refractivity contribution is -0.156. The second kappa shape index (κ2) is 4.88. The van der Waals surface area contributed by atoms with E-state index in [0.717, 1.165) is 0 Å². The zero-order valence-electron chi connectivity index (χ0n) is 8.61. The number of cyclic esters (lactones) is 1. The Morgan fingerprint density at radius 3 is 2.38 bits per heavy atom. The molecule has 0 aliphatic carbocycles. The van der Waals surface area contributed by atoms with Crippen LogP contribution in [0.3, 0.4) is 0 Å². The second-order valence-electron chi connectivity index (χ2n) is 3.62. The Hall–Kier alpha value is -1.02. The molecule has 0 saturated carbocycles. The van der Waals surface area contributed by atoms with Gasteiger partial charge in [0.2, 0.25) is 5.78 Å². The minimum Gasteiger partial charge on any atom is -0.449 e. The molecular weight excluding hydrogens is 220 g/mol. The Kier molecular flexibility index (Phi) is 3.98. The molecule has 5 atom stereocenters. The van der Waals surface area contributed by atoms with Gasteiger partial charge in [-0.25, -0.2) is 4.79 Å². The van der Waals surface area contributed by atoms with Gasteiger partial charge < -0.3 is 25.2 Å². The molecule has 0 radical (unpaired) electrons. The molecule has 0 aromatic carbocycles. The summed E-state index contributed by atoms with van der Waals surface area (Å²) >= 11 is 0. The van der Waals surface area contributed by atoms with E-state index >= 15 is 0 Å². The van der Waals surface area contributed by atoms with E-state index in [1.165, 1.54) is 0 Å². The number of Topliss-reactive ketones (excluding diaryl/α,β-unsaturated/α-hetero) is 1. The van der Waals surface area contributed by atoms with Gasteiger partial charge in [-0.05, 0) is 6.42 Å². The second-order valence-corrected chi connectivity index (χ2v) is 3.62. The first-order valence-electron chi connectivity index (χ1n) is 4.86. The molecule has 0 spiro atoms. The van der Waals surface area contributed by atoms with Crippen LogP contribution >= 0.6 is 0 Å². The maximum absolute atomic E-state index is 11.5. The molecule has 0 aromatic rings. The number of aliphatic hydroxyl groups excluding tert-OH is 4. The Morgan fingerprint density at radius 1 is 1.44 bits per heavy atom. The summed E-state index contributed by atoms with van der Waals surface area (Å²) in [5, 5.41) is 36.9. The molecule has 1 aliphatic heterocycles. The predicted molar refractivity (Wildman–Crippen MR) is 49.2 cm³/mol. The number of hydrogen-bond acceptors (Lipinski definition) is 7. The van der Waals surface area contributed by atoms with Crippen molar-refractivity contribution in [2.45, 2.75) is 43.9 Å². The first kappa shape index (κ1) is 13.0. The number of carbonyl (C=O) groups excluding carboxylic acids is 2. The first-order chi connectivity index (χ1) is 7.40. The summed E-state index contributed by atoms with van der Waals surface area (Å²) in [5.74, 6) is -2.14. The lowest BCUT2D eigenvalue weighted by Gasteiger charge is -2.19. The van der Waals surface area contributed by atoms with Crippen molar-refractivity contribution in [2.24, 2.45) is 0 Å². The Balaban J connectivity index is 2.72. The molecule has 4 N–H and O–H groups in total. The molecule has 1 saturated heterocycles. The highest BCUT2D eigenvalue weighted by Gasteiger charge is 2.48. The van der Waals surface area contributed by atoms with Crippen molar-refractivity contribution in [3.8, 4) is 0 Å². The van der Waals surface area contributed by atoms with Crippen LogP contribution in [0.5, 0.6) is 0 Å². The maximum atomic E-state index is 11.5. The van der Waals surface area contributed by atoms with Crippen molar-refractivity contribution in [3.05, 3.63) is 0 Å². The van der Waals surface area contributed by atoms with Crippen LogP contribution in [0.15, 0.2) is 0 Å². The molecule has 1 heterocycles. The number of aliphatic hydroxyl groups is 4. The summed E-state index contributed by atoms with van der Waals surface area (Å²) in [7, 11) is 0. The molecule has 0 aromatic heterocycles. The van der Waals surface area contributed by atoms with Crippen LogP contribution in [-0.4, -0.2) is 62.7 Å². The fourth-order valence-corrected chi connectivity index (χ4v) is 1.38. The van der Waals surface area contributed by atoms with Crippen LogP contribution in [0, 0.1) is 0 Å². The number of ketones is 1. The number of ether oxygens (including phenoxy) is 1. The molecule has 16 heavy (non-hydrogen) atoms. The van der Waals surface area contributed by atoms with Crippen molar-refractivity contribution in [1.29, 1.82) is 0 Å². The van der Waals surface area contributed by atoms with Crippen LogP contribution in [-0.2, 0) is 14.3 Å². The quantitative estimate of drug-likeness (QED) is 0.391. The largest absolute Gasteiger partial charge is 0.449 e. The SMILES string of the molecule is CCC(O)C(O)C(=O)[C@@H]1OC(=O)[C@H](O)[C@H]1O. The van der Waals surface area contributed by atoms with Gasteiger partial charge in [0.25, 0.3) is 0 Å². The molecule has 7 nitrogen and oxygen atoms in total. The molecular formula is C9H14O7. The van der Waals surface area contributed by atoms with E-state index in [-0.39, 0.29) is 6.42 Å². The van der Waals surface area contributed by atoms with Gasteiger partial charge in [-0.15, -0.1) is 0 Å². The van der Waals surface area contributed by atoms with Crippen molar-refractivity contribution in [2.75, 3.05) is 0 Å². The van der Waals surface area contributed by atoms with Crippen LogP contribution < -0.4 is 0 Å². The number of rotatable bonds is 4. The fraction of sp³-hybridized carbons (Fsp3) is 0.778. The van der Waals surface area contributed by atoms with Crippen molar-refractivity contribution in [3.63, 3.8) is 0 Å². The van der Waals surface area contributed by atoms with E-state index in [0.29, 0.717) is 0 Å². The van der Waals surface area contributed by atoms with Crippen molar-refractivity contribution >= 4 is 11.8 Å². The Labute approximate surface area is 91.3 Å². The average Bonchev–Trinajstić information content (AvgIpc) is 2.54. The molecule has 0 bridgehead atoms. The van der Waals surface area contributed by atoms with Gasteiger partial charge in [0.15, 0.2) is 12.2 Å². The minimum absolute atomic E-state index is 0.131. The van der Waals surface area contributed by atoms with Gasteiger partial charge in [-0.1, -0.05) is 6.92 Å². The van der Waals surface area contributed by atoms with Crippen LogP contribution in [0.4, 0.5) is 0 Å². The third kappa shape index (κ3) is 2.22. The molecule has 0 amide bonds. The summed E-state index contributed by atoms with van der Waals surface area (Å²) in [5.41, 5.74) is 0. The average molecular weight is 234 g/mol. The van der Waals surface area contributed by atoms with Gasteiger partial charge in [-0.3, -0.25) is 4.79 Å². The van der Waals surface area contributed by atoms with E-state index in [1.807, 2.05) is 0 Å². The summed E-state index contributed by atoms with van der Waals surface area (Å²) in [4.78, 5) is 22.3. The van der Waals surface area contributed by atoms with Crippen LogP contribution in [0.25, 0.3) is 0 Å². The molecule has 1 fully saturated rings. The molecule has 92 valence electrons. The minimum atomic E-state index is -1.79. The number of hydrogen-bond donors (Lipinski definition) is 4. The maximum Gasteiger partial charge on any atom is 0.338 e. The summed E-state index contributed by atoms with van der Waals surface area (Å²) in [6, 6.07) is 0. The third-order valence-electron chi connectivity index (χ3n) is 2.47. The molecule has 7 heteroatoms. The normalized spacial score (nSPS) is 33.3. The summed E-state index contributed by atoms with van der Waals surface area (Å²) in [6.45, 7) is 1.55. The van der Waals surface area contributed by atoms with E-state index in [1.54, 1.807) is 6.92 Å². The smallest absolute Gasteiger partial charge is 0.338 e. The monoisotopic (exact) mass is 234 g/mol. The highest BCUT2D eigenvalue weighted by Crippen LogP contribution is 2.19. The van der Waals surface area contributed by atoms with Gasteiger partial charge in [0.1, 0.15) is 12.2 Å². The van der Waals surface area contributed by atoms with Crippen LogP contribution in [0.1, 0.15) is 13.3 Å². The standard InChI is InChI=1S/C9H14O7/c1-2-3(10)4(11)5(12)8-6(13)7(14)9(15)16-8/h3-4,6-8,10-11,13-14H,2H2,1H3/t3?,4?,6-,7-,8+/m1/s1. The number of carbonyl (C=O) groups is 2. The highest BCUT2D eigenvalue weighted by atomic mass is 16.6. The third-order valence-corrected chi connectivity index (χ3v) is 2.47. The van der Waals surface area contributed by atoms with Gasteiger partial charge >= 0.3 is 5.97 Å². The van der Waals surface area contributed by atoms with Gasteiger partial charge in [0.05, 0.1) is 6.10 Å². The molecule has 1 rings (SSSR count). The Bertz CT molecular complexity index is 290. The zero-order valence-corrected chi connectivity index (χ0v) is 8.61. The lowest BCUT2D eigenvalue weighted by atomic mass is 9.99. The first-order valence-corrected chi connectivity index (χ1v) is 4.86. The summed E-state index contributed by atoms with van der Waals surface area (Å²) in [6.07, 6.45) is -8.04. The van der Waals surface area contributed by atoms with E-state index in [9.17, 15) is 24.9 Å². The summed E-state index contributed by atoms with van der Waals surface area (Å²) < 4.78 is 4.40. The lowest BCUT2D eigenvalue weighted by Crippen LogP contribution is -2.45. The Morgan fingerprint density at radius 2 is 2.00 bits per heavy atom. The van der Waals surface area contributed by atoms with Crippen molar-refractivity contribution in [1.82, 2.24) is 0 Å². The fourth-order valence-electron chi connectivity index (χ4n) is 1.38. The van der Waals surface area contributed by atoms with E-state index in [4.69, 9.17) is 5.11 Å². The topological polar surface area (TPSA) is 124 Å². The van der Waals surface area contributed by atoms with Crippen molar-refractivity contribution < 1.29 is 34.8 Å². The molecule has 2 unspecified atom stereocenters. The van der Waals surface area contributed by atoms with Crippen LogP contribution in [0.2, 0.25) is 0 Å². The van der Waals surface area contributed by atoms with Gasteiger partial charge in [0, 0.05) is 0 Å². The highest BCUT2D eigenvalue weighted by molar-refractivity contribution is 5.93. The van der Waals surface area contributed by atoms with Gasteiger partial charge in [-0.2, -0.15) is 0 Å². The predicted octanol–water partition coefficient (Wildman–Crippen LogP) is -2.67. The molecule has 1 aliphatic rings. The van der Waals surface area contributed by atoms with E-state index in [2.05, 4.69) is 4.74 Å². The van der Waals surface area contributed by atoms with E-state index < -0.39 is 42.3 Å².